The molecule has 1 aliphatic heterocycles. The summed E-state index contributed by atoms with van der Waals surface area (Å²) >= 11 is 0. The second-order valence-electron chi connectivity index (χ2n) is 5.44. The molecule has 2 aromatic heterocycles. The number of carbonyl (C=O) groups is 1. The quantitative estimate of drug-likeness (QED) is 0.841. The molecule has 3 atom stereocenters. The number of amides is 1. The smallest absolute Gasteiger partial charge is 0.249 e. The van der Waals surface area contributed by atoms with Crippen LogP contribution in [0.3, 0.4) is 0 Å². The van der Waals surface area contributed by atoms with Crippen molar-refractivity contribution in [1.29, 1.82) is 0 Å². The molecule has 0 aliphatic carbocycles. The van der Waals surface area contributed by atoms with Gasteiger partial charge in [0.15, 0.2) is 5.82 Å². The van der Waals surface area contributed by atoms with Crippen LogP contribution in [0.5, 0.6) is 0 Å². The molecule has 8 heteroatoms. The monoisotopic (exact) mass is 305 g/mol. The van der Waals surface area contributed by atoms with E-state index >= 15 is 0 Å². The fourth-order valence-electron chi connectivity index (χ4n) is 2.76. The lowest BCUT2D eigenvalue weighted by atomic mass is 10.2. The maximum absolute atomic E-state index is 12.8. The lowest BCUT2D eigenvalue weighted by Gasteiger charge is -2.25. The first-order valence-electron chi connectivity index (χ1n) is 7.22. The van der Waals surface area contributed by atoms with Crippen molar-refractivity contribution in [2.45, 2.75) is 38.5 Å². The van der Waals surface area contributed by atoms with Crippen molar-refractivity contribution in [2.75, 3.05) is 13.7 Å². The average molecular weight is 305 g/mol. The van der Waals surface area contributed by atoms with E-state index in [0.717, 1.165) is 0 Å². The molecule has 2 aromatic rings. The number of rotatable bonds is 4. The predicted octanol–water partition coefficient (Wildman–Crippen LogP) is 1.12. The minimum Gasteiger partial charge on any atom is -0.380 e. The zero-order valence-electron chi connectivity index (χ0n) is 12.8. The number of hydrogen-bond acceptors (Lipinski definition) is 6. The van der Waals surface area contributed by atoms with E-state index < -0.39 is 6.04 Å². The van der Waals surface area contributed by atoms with Crippen molar-refractivity contribution >= 4 is 5.91 Å². The Morgan fingerprint density at radius 1 is 1.55 bits per heavy atom. The number of carbonyl (C=O) groups excluding carboxylic acids is 1. The van der Waals surface area contributed by atoms with Crippen LogP contribution in [0.25, 0.3) is 0 Å². The summed E-state index contributed by atoms with van der Waals surface area (Å²) in [6, 6.07) is 1.15. The van der Waals surface area contributed by atoms with Crippen molar-refractivity contribution in [2.24, 2.45) is 0 Å². The second-order valence-corrected chi connectivity index (χ2v) is 5.44. The van der Waals surface area contributed by atoms with Crippen LogP contribution in [0, 0.1) is 6.92 Å². The van der Waals surface area contributed by atoms with Crippen LogP contribution >= 0.6 is 0 Å². The molecule has 3 unspecified atom stereocenters. The van der Waals surface area contributed by atoms with Gasteiger partial charge in [-0.2, -0.15) is 10.1 Å². The molecule has 3 heterocycles. The summed E-state index contributed by atoms with van der Waals surface area (Å²) in [7, 11) is 1.64. The number of likely N-dealkylation sites (tertiary alicyclic amines) is 1. The molecule has 1 saturated heterocycles. The summed E-state index contributed by atoms with van der Waals surface area (Å²) in [6.45, 7) is 4.09. The van der Waals surface area contributed by atoms with E-state index in [1.807, 2.05) is 6.92 Å². The lowest BCUT2D eigenvalue weighted by Crippen LogP contribution is -2.37. The molecule has 0 N–H and O–H groups in total. The van der Waals surface area contributed by atoms with Gasteiger partial charge in [-0.05, 0) is 19.9 Å². The Labute approximate surface area is 128 Å². The largest absolute Gasteiger partial charge is 0.380 e. The van der Waals surface area contributed by atoms with Gasteiger partial charge in [-0.25, -0.2) is 0 Å². The minimum absolute atomic E-state index is 0.0361. The van der Waals surface area contributed by atoms with Crippen molar-refractivity contribution < 1.29 is 14.1 Å². The van der Waals surface area contributed by atoms with Gasteiger partial charge in [-0.3, -0.25) is 9.48 Å². The molecular formula is C14H19N5O3. The summed E-state index contributed by atoms with van der Waals surface area (Å²) in [5.41, 5.74) is 0. The molecule has 0 spiro atoms. The van der Waals surface area contributed by atoms with E-state index in [1.165, 1.54) is 0 Å². The Hall–Kier alpha value is -2.22. The molecule has 118 valence electrons. The normalized spacial score (nSPS) is 23.0. The zero-order valence-corrected chi connectivity index (χ0v) is 12.8. The van der Waals surface area contributed by atoms with Crippen LogP contribution in [0.2, 0.25) is 0 Å². The standard InChI is InChI=1S/C14H19N5O3/c1-9(19-6-4-5-15-19)14(20)18-8-11(21-3)7-12(18)13-16-10(2)17-22-13/h4-6,9,11-12H,7-8H2,1-3H3. The van der Waals surface area contributed by atoms with E-state index in [0.29, 0.717) is 24.7 Å². The number of hydrogen-bond donors (Lipinski definition) is 0. The summed E-state index contributed by atoms with van der Waals surface area (Å²) in [5.74, 6) is 0.977. The number of aromatic nitrogens is 4. The molecule has 0 aromatic carbocycles. The van der Waals surface area contributed by atoms with Crippen molar-refractivity contribution in [3.05, 3.63) is 30.2 Å². The van der Waals surface area contributed by atoms with E-state index in [-0.39, 0.29) is 18.1 Å². The van der Waals surface area contributed by atoms with E-state index in [2.05, 4.69) is 15.2 Å². The zero-order chi connectivity index (χ0) is 15.7. The molecule has 1 fully saturated rings. The van der Waals surface area contributed by atoms with Gasteiger partial charge in [0.25, 0.3) is 0 Å². The maximum Gasteiger partial charge on any atom is 0.249 e. The number of nitrogens with zero attached hydrogens (tertiary/aromatic N) is 5. The van der Waals surface area contributed by atoms with Crippen LogP contribution in [-0.4, -0.2) is 50.5 Å². The number of ether oxygens (including phenoxy) is 1. The fourth-order valence-corrected chi connectivity index (χ4v) is 2.76. The Morgan fingerprint density at radius 2 is 2.36 bits per heavy atom. The van der Waals surface area contributed by atoms with Crippen LogP contribution in [0.4, 0.5) is 0 Å². The van der Waals surface area contributed by atoms with E-state index in [4.69, 9.17) is 9.26 Å². The topological polar surface area (TPSA) is 86.3 Å². The SMILES string of the molecule is COC1CC(c2nc(C)no2)N(C(=O)C(C)n2cccn2)C1. The number of methoxy groups -OCH3 is 1. The maximum atomic E-state index is 12.8. The highest BCUT2D eigenvalue weighted by Gasteiger charge is 2.41. The average Bonchev–Trinajstić information content (AvgIpc) is 3.25. The van der Waals surface area contributed by atoms with Crippen LogP contribution in [-0.2, 0) is 9.53 Å². The molecule has 1 amide bonds. The van der Waals surface area contributed by atoms with E-state index in [1.54, 1.807) is 42.1 Å². The Morgan fingerprint density at radius 3 is 2.95 bits per heavy atom. The summed E-state index contributed by atoms with van der Waals surface area (Å²) in [5, 5.41) is 7.95. The van der Waals surface area contributed by atoms with Crippen LogP contribution < -0.4 is 0 Å². The van der Waals surface area contributed by atoms with Crippen LogP contribution in [0.15, 0.2) is 23.0 Å². The molecule has 0 bridgehead atoms. The Balaban J connectivity index is 1.84. The predicted molar refractivity (Wildman–Crippen MR) is 75.8 cm³/mol. The first-order valence-corrected chi connectivity index (χ1v) is 7.22. The fraction of sp³-hybridized carbons (Fsp3) is 0.571. The highest BCUT2D eigenvalue weighted by molar-refractivity contribution is 5.80. The van der Waals surface area contributed by atoms with Gasteiger partial charge in [-0.1, -0.05) is 5.16 Å². The summed E-state index contributed by atoms with van der Waals surface area (Å²) < 4.78 is 12.3. The molecule has 8 nitrogen and oxygen atoms in total. The van der Waals surface area contributed by atoms with Gasteiger partial charge in [0.05, 0.1) is 6.10 Å². The van der Waals surface area contributed by atoms with Gasteiger partial charge >= 0.3 is 0 Å². The highest BCUT2D eigenvalue weighted by Crippen LogP contribution is 2.34. The van der Waals surface area contributed by atoms with Crippen LogP contribution in [0.1, 0.15) is 37.1 Å². The van der Waals surface area contributed by atoms with Gasteiger partial charge in [0, 0.05) is 32.5 Å². The van der Waals surface area contributed by atoms with Crippen molar-refractivity contribution in [1.82, 2.24) is 24.8 Å². The van der Waals surface area contributed by atoms with Crippen molar-refractivity contribution in [3.63, 3.8) is 0 Å². The molecule has 0 saturated carbocycles. The van der Waals surface area contributed by atoms with Gasteiger partial charge < -0.3 is 14.2 Å². The minimum atomic E-state index is -0.392. The third-order valence-corrected chi connectivity index (χ3v) is 3.99. The van der Waals surface area contributed by atoms with E-state index in [9.17, 15) is 4.79 Å². The highest BCUT2D eigenvalue weighted by atomic mass is 16.5. The number of aryl methyl sites for hydroxylation is 1. The molecule has 3 rings (SSSR count). The first-order chi connectivity index (χ1) is 10.6. The summed E-state index contributed by atoms with van der Waals surface area (Å²) in [4.78, 5) is 18.8. The Bertz CT molecular complexity index is 639. The molecular weight excluding hydrogens is 286 g/mol. The molecule has 0 radical (unpaired) electrons. The lowest BCUT2D eigenvalue weighted by molar-refractivity contribution is -0.136. The first kappa shape index (κ1) is 14.7. The van der Waals surface area contributed by atoms with Gasteiger partial charge in [0.1, 0.15) is 12.1 Å². The Kier molecular flexibility index (Phi) is 3.93. The van der Waals surface area contributed by atoms with Gasteiger partial charge in [0.2, 0.25) is 11.8 Å². The summed E-state index contributed by atoms with van der Waals surface area (Å²) in [6.07, 6.45) is 4.05. The second kappa shape index (κ2) is 5.88. The third-order valence-electron chi connectivity index (χ3n) is 3.99. The van der Waals surface area contributed by atoms with Crippen molar-refractivity contribution in [3.8, 4) is 0 Å². The molecule has 1 aliphatic rings. The molecule has 22 heavy (non-hydrogen) atoms. The third kappa shape index (κ3) is 2.61. The van der Waals surface area contributed by atoms with Gasteiger partial charge in [-0.15, -0.1) is 0 Å².